The zero-order chi connectivity index (χ0) is 14.5. The summed E-state index contributed by atoms with van der Waals surface area (Å²) in [5.41, 5.74) is 0.702. The minimum atomic E-state index is -0.189. The van der Waals surface area contributed by atoms with Crippen molar-refractivity contribution in [2.45, 2.75) is 26.0 Å². The average molecular weight is 278 g/mol. The highest BCUT2D eigenvalue weighted by Crippen LogP contribution is 2.23. The minimum Gasteiger partial charge on any atom is -0.495 e. The standard InChI is InChI=1S/C15H22N2O3/c1-11-10-17(8-9-20-11)12(2)15(18)16-13-6-4-5-7-14(13)19-3/h4-7,11-12H,8-10H2,1-3H3,(H,16,18). The van der Waals surface area contributed by atoms with E-state index in [4.69, 9.17) is 9.47 Å². The topological polar surface area (TPSA) is 50.8 Å². The van der Waals surface area contributed by atoms with E-state index >= 15 is 0 Å². The lowest BCUT2D eigenvalue weighted by Gasteiger charge is -2.34. The van der Waals surface area contributed by atoms with Gasteiger partial charge in [0, 0.05) is 13.1 Å². The summed E-state index contributed by atoms with van der Waals surface area (Å²) in [6, 6.07) is 7.23. The molecule has 1 aliphatic rings. The molecule has 0 saturated carbocycles. The van der Waals surface area contributed by atoms with Crippen molar-refractivity contribution in [2.24, 2.45) is 0 Å². The van der Waals surface area contributed by atoms with Crippen molar-refractivity contribution in [3.05, 3.63) is 24.3 Å². The Morgan fingerprint density at radius 2 is 2.25 bits per heavy atom. The summed E-state index contributed by atoms with van der Waals surface area (Å²) in [7, 11) is 1.60. The number of morpholine rings is 1. The highest BCUT2D eigenvalue weighted by Gasteiger charge is 2.26. The molecule has 1 aliphatic heterocycles. The molecule has 20 heavy (non-hydrogen) atoms. The predicted octanol–water partition coefficient (Wildman–Crippen LogP) is 1.74. The Morgan fingerprint density at radius 1 is 1.50 bits per heavy atom. The number of benzene rings is 1. The molecular weight excluding hydrogens is 256 g/mol. The largest absolute Gasteiger partial charge is 0.495 e. The zero-order valence-electron chi connectivity index (χ0n) is 12.3. The van der Waals surface area contributed by atoms with Crippen LogP contribution in [0.25, 0.3) is 0 Å². The van der Waals surface area contributed by atoms with E-state index < -0.39 is 0 Å². The number of amides is 1. The molecule has 5 nitrogen and oxygen atoms in total. The van der Waals surface area contributed by atoms with Crippen LogP contribution >= 0.6 is 0 Å². The molecule has 1 aromatic carbocycles. The van der Waals surface area contributed by atoms with Gasteiger partial charge in [-0.2, -0.15) is 0 Å². The minimum absolute atomic E-state index is 0.0244. The van der Waals surface area contributed by atoms with Gasteiger partial charge < -0.3 is 14.8 Å². The van der Waals surface area contributed by atoms with Gasteiger partial charge in [-0.1, -0.05) is 12.1 Å². The third-order valence-corrected chi connectivity index (χ3v) is 3.56. The molecule has 0 aromatic heterocycles. The van der Waals surface area contributed by atoms with Gasteiger partial charge in [0.1, 0.15) is 5.75 Å². The molecule has 1 aromatic rings. The Balaban J connectivity index is 2.00. The van der Waals surface area contributed by atoms with Gasteiger partial charge in [0.05, 0.1) is 31.5 Å². The summed E-state index contributed by atoms with van der Waals surface area (Å²) < 4.78 is 10.7. The molecule has 2 unspecified atom stereocenters. The molecule has 1 heterocycles. The normalized spacial score (nSPS) is 21.2. The van der Waals surface area contributed by atoms with Crippen LogP contribution in [0.4, 0.5) is 5.69 Å². The summed E-state index contributed by atoms with van der Waals surface area (Å²) in [6.07, 6.45) is 0.172. The first-order valence-electron chi connectivity index (χ1n) is 6.91. The number of hydrogen-bond donors (Lipinski definition) is 1. The Hall–Kier alpha value is -1.59. The molecule has 0 aliphatic carbocycles. The second-order valence-electron chi connectivity index (χ2n) is 5.04. The van der Waals surface area contributed by atoms with Crippen LogP contribution in [0, 0.1) is 0 Å². The van der Waals surface area contributed by atoms with Crippen molar-refractivity contribution in [3.8, 4) is 5.75 Å². The van der Waals surface area contributed by atoms with Crippen LogP contribution < -0.4 is 10.1 Å². The number of nitrogens with zero attached hydrogens (tertiary/aromatic N) is 1. The molecule has 1 amide bonds. The summed E-state index contributed by atoms with van der Waals surface area (Å²) in [4.78, 5) is 14.5. The SMILES string of the molecule is COc1ccccc1NC(=O)C(C)N1CCOC(C)C1. The van der Waals surface area contributed by atoms with E-state index in [1.54, 1.807) is 7.11 Å². The first-order valence-corrected chi connectivity index (χ1v) is 6.91. The van der Waals surface area contributed by atoms with E-state index in [0.717, 1.165) is 13.1 Å². The maximum absolute atomic E-state index is 12.3. The maximum atomic E-state index is 12.3. The smallest absolute Gasteiger partial charge is 0.241 e. The van der Waals surface area contributed by atoms with Gasteiger partial charge in [-0.05, 0) is 26.0 Å². The number of anilines is 1. The van der Waals surface area contributed by atoms with Crippen molar-refractivity contribution in [3.63, 3.8) is 0 Å². The number of para-hydroxylation sites is 2. The number of nitrogens with one attached hydrogen (secondary N) is 1. The molecular formula is C15H22N2O3. The van der Waals surface area contributed by atoms with Crippen molar-refractivity contribution >= 4 is 11.6 Å². The lowest BCUT2D eigenvalue weighted by atomic mass is 10.2. The highest BCUT2D eigenvalue weighted by atomic mass is 16.5. The molecule has 1 saturated heterocycles. The maximum Gasteiger partial charge on any atom is 0.241 e. The lowest BCUT2D eigenvalue weighted by Crippen LogP contribution is -2.50. The van der Waals surface area contributed by atoms with Gasteiger partial charge in [-0.15, -0.1) is 0 Å². The molecule has 110 valence electrons. The lowest BCUT2D eigenvalue weighted by molar-refractivity contribution is -0.123. The van der Waals surface area contributed by atoms with Crippen LogP contribution in [0.3, 0.4) is 0 Å². The van der Waals surface area contributed by atoms with Crippen molar-refractivity contribution < 1.29 is 14.3 Å². The number of rotatable bonds is 4. The second-order valence-corrected chi connectivity index (χ2v) is 5.04. The zero-order valence-corrected chi connectivity index (χ0v) is 12.3. The number of carbonyl (C=O) groups is 1. The number of ether oxygens (including phenoxy) is 2. The third-order valence-electron chi connectivity index (χ3n) is 3.56. The Labute approximate surface area is 119 Å². The van der Waals surface area contributed by atoms with E-state index in [1.807, 2.05) is 38.1 Å². The Morgan fingerprint density at radius 3 is 2.95 bits per heavy atom. The van der Waals surface area contributed by atoms with Gasteiger partial charge in [0.25, 0.3) is 0 Å². The summed E-state index contributed by atoms with van der Waals surface area (Å²) in [5, 5.41) is 2.93. The van der Waals surface area contributed by atoms with Gasteiger partial charge >= 0.3 is 0 Å². The molecule has 0 bridgehead atoms. The van der Waals surface area contributed by atoms with E-state index in [2.05, 4.69) is 10.2 Å². The molecule has 1 fully saturated rings. The van der Waals surface area contributed by atoms with Crippen LogP contribution in [-0.2, 0) is 9.53 Å². The number of carbonyl (C=O) groups excluding carboxylic acids is 1. The van der Waals surface area contributed by atoms with E-state index in [9.17, 15) is 4.79 Å². The molecule has 0 radical (unpaired) electrons. The van der Waals surface area contributed by atoms with Crippen LogP contribution in [0.5, 0.6) is 5.75 Å². The van der Waals surface area contributed by atoms with Gasteiger partial charge in [0.2, 0.25) is 5.91 Å². The van der Waals surface area contributed by atoms with Crippen LogP contribution in [-0.4, -0.2) is 49.8 Å². The van der Waals surface area contributed by atoms with Crippen molar-refractivity contribution in [1.82, 2.24) is 4.90 Å². The Kier molecular flexibility index (Phi) is 4.98. The monoisotopic (exact) mass is 278 g/mol. The molecule has 2 atom stereocenters. The van der Waals surface area contributed by atoms with Crippen LogP contribution in [0.2, 0.25) is 0 Å². The molecule has 0 spiro atoms. The van der Waals surface area contributed by atoms with Gasteiger partial charge in [-0.3, -0.25) is 9.69 Å². The van der Waals surface area contributed by atoms with Crippen LogP contribution in [0.15, 0.2) is 24.3 Å². The predicted molar refractivity (Wildman–Crippen MR) is 78.1 cm³/mol. The highest BCUT2D eigenvalue weighted by molar-refractivity contribution is 5.95. The summed E-state index contributed by atoms with van der Waals surface area (Å²) >= 11 is 0. The average Bonchev–Trinajstić information content (AvgIpc) is 2.47. The fourth-order valence-corrected chi connectivity index (χ4v) is 2.35. The van der Waals surface area contributed by atoms with Crippen molar-refractivity contribution in [2.75, 3.05) is 32.1 Å². The van der Waals surface area contributed by atoms with Gasteiger partial charge in [0.15, 0.2) is 0 Å². The Bertz CT molecular complexity index is 464. The second kappa shape index (κ2) is 6.72. The van der Waals surface area contributed by atoms with Crippen LogP contribution in [0.1, 0.15) is 13.8 Å². The molecule has 1 N–H and O–H groups in total. The number of hydrogen-bond acceptors (Lipinski definition) is 4. The van der Waals surface area contributed by atoms with E-state index in [0.29, 0.717) is 18.0 Å². The molecule has 5 heteroatoms. The quantitative estimate of drug-likeness (QED) is 0.911. The van der Waals surface area contributed by atoms with Gasteiger partial charge in [-0.25, -0.2) is 0 Å². The fraction of sp³-hybridized carbons (Fsp3) is 0.533. The fourth-order valence-electron chi connectivity index (χ4n) is 2.35. The van der Waals surface area contributed by atoms with Crippen molar-refractivity contribution in [1.29, 1.82) is 0 Å². The first-order chi connectivity index (χ1) is 9.61. The van der Waals surface area contributed by atoms with E-state index in [-0.39, 0.29) is 18.1 Å². The first kappa shape index (κ1) is 14.8. The summed E-state index contributed by atoms with van der Waals surface area (Å²) in [5.74, 6) is 0.645. The third kappa shape index (κ3) is 3.49. The van der Waals surface area contributed by atoms with E-state index in [1.165, 1.54) is 0 Å². The summed E-state index contributed by atoms with van der Waals surface area (Å²) in [6.45, 7) is 6.18. The number of methoxy groups -OCH3 is 1. The molecule has 2 rings (SSSR count).